The fourth-order valence-corrected chi connectivity index (χ4v) is 3.59. The van der Waals surface area contributed by atoms with Crippen molar-refractivity contribution in [2.45, 2.75) is 6.54 Å². The van der Waals surface area contributed by atoms with Crippen LogP contribution in [0.1, 0.15) is 5.56 Å². The summed E-state index contributed by atoms with van der Waals surface area (Å²) in [7, 11) is 0. The molecule has 0 unspecified atom stereocenters. The number of thiocarbonyl (C=S) groups is 1. The Hall–Kier alpha value is -2.38. The predicted octanol–water partition coefficient (Wildman–Crippen LogP) is 1.65. The van der Waals surface area contributed by atoms with E-state index in [-0.39, 0.29) is 5.82 Å². The fraction of sp³-hybridized carbons (Fsp3) is 0.316. The minimum Gasteiger partial charge on any atom is -0.454 e. The number of nitrogens with zero attached hydrogens (tertiary/aromatic N) is 1. The van der Waals surface area contributed by atoms with Crippen molar-refractivity contribution in [3.05, 3.63) is 53.8 Å². The third-order valence-electron chi connectivity index (χ3n) is 4.76. The third kappa shape index (κ3) is 3.73. The molecule has 2 aliphatic rings. The highest BCUT2D eigenvalue weighted by atomic mass is 32.1. The molecule has 0 aromatic heterocycles. The summed E-state index contributed by atoms with van der Waals surface area (Å²) in [6, 6.07) is 12.7. The molecule has 0 radical (unpaired) electrons. The highest BCUT2D eigenvalue weighted by Crippen LogP contribution is 2.32. The summed E-state index contributed by atoms with van der Waals surface area (Å²) < 4.78 is 24.6. The number of hydrogen-bond acceptors (Lipinski definition) is 3. The molecule has 0 aliphatic carbocycles. The van der Waals surface area contributed by atoms with Crippen LogP contribution in [-0.2, 0) is 6.54 Å². The zero-order valence-electron chi connectivity index (χ0n) is 14.3. The van der Waals surface area contributed by atoms with Crippen LogP contribution in [0.3, 0.4) is 0 Å². The number of fused-ring (bicyclic) bond motifs is 1. The van der Waals surface area contributed by atoms with Crippen LogP contribution in [0.5, 0.6) is 11.5 Å². The van der Waals surface area contributed by atoms with E-state index in [1.54, 1.807) is 18.2 Å². The summed E-state index contributed by atoms with van der Waals surface area (Å²) in [5.74, 6) is 1.36. The SMILES string of the molecule is Fc1ccccc1NC(=S)N1CC[NH+](Cc2ccc3c(c2)OCO3)CC1. The Bertz CT molecular complexity index is 809. The van der Waals surface area contributed by atoms with Gasteiger partial charge in [0, 0.05) is 5.56 Å². The first-order valence-electron chi connectivity index (χ1n) is 8.71. The van der Waals surface area contributed by atoms with Crippen molar-refractivity contribution in [1.29, 1.82) is 0 Å². The van der Waals surface area contributed by atoms with Gasteiger partial charge in [0.15, 0.2) is 16.6 Å². The molecule has 26 heavy (non-hydrogen) atoms. The summed E-state index contributed by atoms with van der Waals surface area (Å²) in [5.41, 5.74) is 1.66. The van der Waals surface area contributed by atoms with E-state index in [1.807, 2.05) is 6.07 Å². The number of halogens is 1. The van der Waals surface area contributed by atoms with Gasteiger partial charge in [0.25, 0.3) is 0 Å². The Labute approximate surface area is 157 Å². The second-order valence-electron chi connectivity index (χ2n) is 6.51. The van der Waals surface area contributed by atoms with Gasteiger partial charge in [0.1, 0.15) is 12.4 Å². The van der Waals surface area contributed by atoms with Gasteiger partial charge in [-0.05, 0) is 42.5 Å². The van der Waals surface area contributed by atoms with Gasteiger partial charge in [-0.25, -0.2) is 4.39 Å². The van der Waals surface area contributed by atoms with Crippen LogP contribution in [0, 0.1) is 5.82 Å². The maximum atomic E-state index is 13.8. The molecule has 1 fully saturated rings. The van der Waals surface area contributed by atoms with Gasteiger partial charge in [-0.3, -0.25) is 0 Å². The first-order chi connectivity index (χ1) is 12.7. The number of rotatable bonds is 3. The number of nitrogens with one attached hydrogen (secondary N) is 2. The monoisotopic (exact) mass is 374 g/mol. The number of para-hydroxylation sites is 1. The molecular weight excluding hydrogens is 353 g/mol. The van der Waals surface area contributed by atoms with E-state index >= 15 is 0 Å². The molecule has 1 saturated heterocycles. The van der Waals surface area contributed by atoms with Gasteiger partial charge < -0.3 is 24.6 Å². The minimum atomic E-state index is -0.290. The number of anilines is 1. The Morgan fingerprint density at radius 1 is 1.12 bits per heavy atom. The molecule has 0 bridgehead atoms. The zero-order chi connectivity index (χ0) is 17.9. The summed E-state index contributed by atoms with van der Waals surface area (Å²) in [6.45, 7) is 4.90. The normalized spacial score (nSPS) is 16.6. The molecule has 4 rings (SSSR count). The van der Waals surface area contributed by atoms with Crippen molar-refractivity contribution >= 4 is 23.0 Å². The van der Waals surface area contributed by atoms with E-state index in [4.69, 9.17) is 21.7 Å². The van der Waals surface area contributed by atoms with Crippen LogP contribution < -0.4 is 19.7 Å². The Morgan fingerprint density at radius 3 is 2.69 bits per heavy atom. The Morgan fingerprint density at radius 2 is 1.88 bits per heavy atom. The molecule has 0 atom stereocenters. The average Bonchev–Trinajstić information content (AvgIpc) is 3.12. The van der Waals surface area contributed by atoms with Gasteiger partial charge in [0.2, 0.25) is 6.79 Å². The number of benzene rings is 2. The van der Waals surface area contributed by atoms with Gasteiger partial charge in [-0.1, -0.05) is 12.1 Å². The lowest BCUT2D eigenvalue weighted by Gasteiger charge is -2.34. The summed E-state index contributed by atoms with van der Waals surface area (Å²) in [4.78, 5) is 3.60. The van der Waals surface area contributed by atoms with Gasteiger partial charge >= 0.3 is 0 Å². The molecule has 136 valence electrons. The summed E-state index contributed by atoms with van der Waals surface area (Å²) >= 11 is 5.45. The van der Waals surface area contributed by atoms with Crippen LogP contribution in [0.25, 0.3) is 0 Å². The standard InChI is InChI=1S/C19H20FN3O2S/c20-15-3-1-2-4-16(15)21-19(26)23-9-7-22(8-10-23)12-14-5-6-17-18(11-14)25-13-24-17/h1-6,11H,7-10,12-13H2,(H,21,26)/p+1. The molecular formula is C19H21FN3O2S+. The topological polar surface area (TPSA) is 38.2 Å². The van der Waals surface area contributed by atoms with E-state index in [1.165, 1.54) is 16.5 Å². The quantitative estimate of drug-likeness (QED) is 0.800. The average molecular weight is 374 g/mol. The molecule has 2 aliphatic heterocycles. The van der Waals surface area contributed by atoms with Crippen LogP contribution in [0.2, 0.25) is 0 Å². The molecule has 0 saturated carbocycles. The largest absolute Gasteiger partial charge is 0.454 e. The lowest BCUT2D eigenvalue weighted by atomic mass is 10.1. The smallest absolute Gasteiger partial charge is 0.231 e. The second kappa shape index (κ2) is 7.47. The number of hydrogen-bond donors (Lipinski definition) is 2. The van der Waals surface area contributed by atoms with Gasteiger partial charge in [0.05, 0.1) is 31.9 Å². The van der Waals surface area contributed by atoms with E-state index in [0.29, 0.717) is 17.6 Å². The predicted molar refractivity (Wildman–Crippen MR) is 101 cm³/mol. The molecule has 5 nitrogen and oxygen atoms in total. The molecule has 0 amide bonds. The number of piperazine rings is 1. The van der Waals surface area contributed by atoms with Crippen molar-refractivity contribution in [3.63, 3.8) is 0 Å². The van der Waals surface area contributed by atoms with Crippen molar-refractivity contribution in [3.8, 4) is 11.5 Å². The summed E-state index contributed by atoms with van der Waals surface area (Å²) in [6.07, 6.45) is 0. The lowest BCUT2D eigenvalue weighted by Crippen LogP contribution is -3.13. The van der Waals surface area contributed by atoms with E-state index in [9.17, 15) is 4.39 Å². The van der Waals surface area contributed by atoms with Crippen LogP contribution in [0.15, 0.2) is 42.5 Å². The Balaban J connectivity index is 1.30. The van der Waals surface area contributed by atoms with E-state index in [2.05, 4.69) is 22.3 Å². The minimum absolute atomic E-state index is 0.290. The second-order valence-corrected chi connectivity index (χ2v) is 6.90. The van der Waals surface area contributed by atoms with Crippen molar-refractivity contribution in [2.75, 3.05) is 38.3 Å². The molecule has 2 N–H and O–H groups in total. The van der Waals surface area contributed by atoms with Gasteiger partial charge in [-0.2, -0.15) is 0 Å². The van der Waals surface area contributed by atoms with E-state index < -0.39 is 0 Å². The van der Waals surface area contributed by atoms with Crippen molar-refractivity contribution in [2.24, 2.45) is 0 Å². The Kier molecular flexibility index (Phi) is 4.90. The highest BCUT2D eigenvalue weighted by Gasteiger charge is 2.23. The fourth-order valence-electron chi connectivity index (χ4n) is 3.30. The highest BCUT2D eigenvalue weighted by molar-refractivity contribution is 7.80. The molecule has 0 spiro atoms. The van der Waals surface area contributed by atoms with E-state index in [0.717, 1.165) is 44.2 Å². The number of quaternary nitrogens is 1. The molecule has 7 heteroatoms. The third-order valence-corrected chi connectivity index (χ3v) is 5.12. The van der Waals surface area contributed by atoms with Crippen LogP contribution >= 0.6 is 12.2 Å². The first-order valence-corrected chi connectivity index (χ1v) is 9.12. The van der Waals surface area contributed by atoms with Gasteiger partial charge in [-0.15, -0.1) is 0 Å². The maximum Gasteiger partial charge on any atom is 0.231 e. The van der Waals surface area contributed by atoms with Crippen molar-refractivity contribution in [1.82, 2.24) is 4.90 Å². The number of ether oxygens (including phenoxy) is 2. The van der Waals surface area contributed by atoms with Crippen LogP contribution in [-0.4, -0.2) is 43.0 Å². The molecule has 2 heterocycles. The molecule has 2 aromatic carbocycles. The molecule has 2 aromatic rings. The summed E-state index contributed by atoms with van der Waals surface area (Å²) in [5, 5.41) is 3.60. The maximum absolute atomic E-state index is 13.8. The van der Waals surface area contributed by atoms with Crippen molar-refractivity contribution < 1.29 is 18.8 Å². The lowest BCUT2D eigenvalue weighted by molar-refractivity contribution is -0.917. The first kappa shape index (κ1) is 17.1. The zero-order valence-corrected chi connectivity index (χ0v) is 15.2. The van der Waals surface area contributed by atoms with Crippen LogP contribution in [0.4, 0.5) is 10.1 Å².